The molecule has 0 aliphatic carbocycles. The summed E-state index contributed by atoms with van der Waals surface area (Å²) < 4.78 is 18.6. The van der Waals surface area contributed by atoms with Crippen LogP contribution in [0.25, 0.3) is 11.3 Å². The molecule has 0 saturated carbocycles. The zero-order chi connectivity index (χ0) is 13.8. The molecule has 1 aromatic carbocycles. The van der Waals surface area contributed by atoms with Gasteiger partial charge in [-0.2, -0.15) is 5.10 Å². The molecule has 0 radical (unpaired) electrons. The molecule has 0 aliphatic heterocycles. The third-order valence-electron chi connectivity index (χ3n) is 2.85. The van der Waals surface area contributed by atoms with Gasteiger partial charge in [-0.05, 0) is 36.4 Å². The third kappa shape index (κ3) is 2.92. The van der Waals surface area contributed by atoms with E-state index in [1.165, 1.54) is 18.5 Å². The zero-order valence-corrected chi connectivity index (χ0v) is 10.6. The van der Waals surface area contributed by atoms with E-state index in [9.17, 15) is 4.39 Å². The predicted molar refractivity (Wildman–Crippen MR) is 71.0 cm³/mol. The summed E-state index contributed by atoms with van der Waals surface area (Å²) in [5, 5.41) is 9.73. The molecule has 2 N–H and O–H groups in total. The fraction of sp³-hybridized carbons (Fsp3) is 0.143. The minimum atomic E-state index is -0.255. The number of rotatable bonds is 5. The maximum absolute atomic E-state index is 12.9. The summed E-state index contributed by atoms with van der Waals surface area (Å²) in [5.41, 5.74) is 0.855. The van der Waals surface area contributed by atoms with Crippen molar-refractivity contribution in [2.45, 2.75) is 13.1 Å². The maximum atomic E-state index is 12.9. The second-order valence-corrected chi connectivity index (χ2v) is 4.31. The molecule has 3 rings (SSSR count). The largest absolute Gasteiger partial charge is 0.460 e. The van der Waals surface area contributed by atoms with Crippen LogP contribution >= 0.6 is 0 Å². The monoisotopic (exact) mass is 272 g/mol. The average Bonchev–Trinajstić information content (AvgIpc) is 3.11. The molecule has 0 amide bonds. The number of H-pyrrole nitrogens is 1. The van der Waals surface area contributed by atoms with Gasteiger partial charge < -0.3 is 9.73 Å². The molecule has 0 spiro atoms. The second kappa shape index (κ2) is 5.66. The van der Waals surface area contributed by atoms with Crippen LogP contribution in [0, 0.1) is 5.82 Å². The van der Waals surface area contributed by atoms with E-state index < -0.39 is 0 Å². The summed E-state index contributed by atoms with van der Waals surface area (Å²) in [6, 6.07) is 9.99. The summed E-state index contributed by atoms with van der Waals surface area (Å²) in [6.07, 6.45) is 1.47. The number of nitrogens with one attached hydrogen (secondary N) is 2. The van der Waals surface area contributed by atoms with Gasteiger partial charge in [0.1, 0.15) is 29.5 Å². The SMILES string of the molecule is Fc1ccc(-c2ccc(CNCc3ncn[nH]3)o2)cc1. The molecule has 0 unspecified atom stereocenters. The highest BCUT2D eigenvalue weighted by Crippen LogP contribution is 2.22. The van der Waals surface area contributed by atoms with Gasteiger partial charge in [-0.3, -0.25) is 5.10 Å². The number of furan rings is 1. The average molecular weight is 272 g/mol. The van der Waals surface area contributed by atoms with Gasteiger partial charge in [0.2, 0.25) is 0 Å². The van der Waals surface area contributed by atoms with Crippen molar-refractivity contribution in [3.8, 4) is 11.3 Å². The molecule has 5 nitrogen and oxygen atoms in total. The summed E-state index contributed by atoms with van der Waals surface area (Å²) in [6.45, 7) is 1.18. The molecule has 20 heavy (non-hydrogen) atoms. The van der Waals surface area contributed by atoms with Crippen molar-refractivity contribution < 1.29 is 8.81 Å². The van der Waals surface area contributed by atoms with Crippen LogP contribution in [0.5, 0.6) is 0 Å². The highest BCUT2D eigenvalue weighted by atomic mass is 19.1. The lowest BCUT2D eigenvalue weighted by molar-refractivity contribution is 0.490. The lowest BCUT2D eigenvalue weighted by atomic mass is 10.2. The van der Waals surface area contributed by atoms with Gasteiger partial charge in [-0.25, -0.2) is 9.37 Å². The van der Waals surface area contributed by atoms with Crippen LogP contribution in [-0.2, 0) is 13.1 Å². The molecule has 0 saturated heterocycles. The molecule has 102 valence electrons. The summed E-state index contributed by atoms with van der Waals surface area (Å²) in [4.78, 5) is 4.01. The van der Waals surface area contributed by atoms with E-state index in [1.54, 1.807) is 12.1 Å². The fourth-order valence-corrected chi connectivity index (χ4v) is 1.86. The van der Waals surface area contributed by atoms with E-state index >= 15 is 0 Å². The minimum absolute atomic E-state index is 0.255. The Labute approximate surface area is 114 Å². The summed E-state index contributed by atoms with van der Waals surface area (Å²) in [5.74, 6) is 2.05. The van der Waals surface area contributed by atoms with Crippen LogP contribution < -0.4 is 5.32 Å². The van der Waals surface area contributed by atoms with Crippen LogP contribution in [0.1, 0.15) is 11.6 Å². The van der Waals surface area contributed by atoms with Gasteiger partial charge in [0.25, 0.3) is 0 Å². The van der Waals surface area contributed by atoms with Gasteiger partial charge in [0.05, 0.1) is 13.1 Å². The van der Waals surface area contributed by atoms with Crippen molar-refractivity contribution in [2.75, 3.05) is 0 Å². The van der Waals surface area contributed by atoms with E-state index in [0.29, 0.717) is 13.1 Å². The second-order valence-electron chi connectivity index (χ2n) is 4.31. The number of hydrogen-bond donors (Lipinski definition) is 2. The molecule has 0 bridgehead atoms. The topological polar surface area (TPSA) is 66.7 Å². The number of hydrogen-bond acceptors (Lipinski definition) is 4. The highest BCUT2D eigenvalue weighted by Gasteiger charge is 2.05. The van der Waals surface area contributed by atoms with Crippen molar-refractivity contribution in [1.29, 1.82) is 0 Å². The summed E-state index contributed by atoms with van der Waals surface area (Å²) in [7, 11) is 0. The van der Waals surface area contributed by atoms with Crippen molar-refractivity contribution in [1.82, 2.24) is 20.5 Å². The quantitative estimate of drug-likeness (QED) is 0.749. The molecule has 0 aliphatic rings. The van der Waals surface area contributed by atoms with Crippen molar-refractivity contribution in [3.05, 3.63) is 60.1 Å². The number of halogens is 1. The normalized spacial score (nSPS) is 10.8. The minimum Gasteiger partial charge on any atom is -0.460 e. The van der Waals surface area contributed by atoms with Crippen LogP contribution in [0.4, 0.5) is 4.39 Å². The van der Waals surface area contributed by atoms with E-state index in [4.69, 9.17) is 4.42 Å². The Balaban J connectivity index is 1.60. The van der Waals surface area contributed by atoms with Gasteiger partial charge >= 0.3 is 0 Å². The standard InChI is InChI=1S/C14H13FN4O/c15-11-3-1-10(2-4-11)13-6-5-12(20-13)7-16-8-14-17-9-18-19-14/h1-6,9,16H,7-8H2,(H,17,18,19). The first-order valence-electron chi connectivity index (χ1n) is 6.21. The van der Waals surface area contributed by atoms with Gasteiger partial charge in [-0.1, -0.05) is 0 Å². The first kappa shape index (κ1) is 12.6. The number of aromatic amines is 1. The van der Waals surface area contributed by atoms with E-state index in [0.717, 1.165) is 22.9 Å². The van der Waals surface area contributed by atoms with Gasteiger partial charge in [-0.15, -0.1) is 0 Å². The Morgan fingerprint density at radius 3 is 2.70 bits per heavy atom. The third-order valence-corrected chi connectivity index (χ3v) is 2.85. The Morgan fingerprint density at radius 1 is 1.10 bits per heavy atom. The molecular formula is C14H13FN4O. The number of benzene rings is 1. The predicted octanol–water partition coefficient (Wildman–Crippen LogP) is 2.49. The lowest BCUT2D eigenvalue weighted by Crippen LogP contribution is -2.13. The Bertz CT molecular complexity index is 661. The molecule has 6 heteroatoms. The Kier molecular flexibility index (Phi) is 3.56. The van der Waals surface area contributed by atoms with Crippen LogP contribution in [0.15, 0.2) is 47.1 Å². The van der Waals surface area contributed by atoms with Crippen molar-refractivity contribution in [2.24, 2.45) is 0 Å². The van der Waals surface area contributed by atoms with Gasteiger partial charge in [0, 0.05) is 5.56 Å². The van der Waals surface area contributed by atoms with Gasteiger partial charge in [0.15, 0.2) is 0 Å². The summed E-state index contributed by atoms with van der Waals surface area (Å²) >= 11 is 0. The lowest BCUT2D eigenvalue weighted by Gasteiger charge is -2.00. The zero-order valence-electron chi connectivity index (χ0n) is 10.6. The molecule has 0 atom stereocenters. The highest BCUT2D eigenvalue weighted by molar-refractivity contribution is 5.57. The van der Waals surface area contributed by atoms with E-state index in [1.807, 2.05) is 12.1 Å². The molecule has 3 aromatic rings. The number of aromatic nitrogens is 3. The molecule has 0 fully saturated rings. The molecule has 2 aromatic heterocycles. The van der Waals surface area contributed by atoms with Crippen LogP contribution in [0.3, 0.4) is 0 Å². The van der Waals surface area contributed by atoms with Crippen molar-refractivity contribution >= 4 is 0 Å². The first-order chi connectivity index (χ1) is 9.81. The molecular weight excluding hydrogens is 259 g/mol. The maximum Gasteiger partial charge on any atom is 0.138 e. The van der Waals surface area contributed by atoms with Crippen LogP contribution in [-0.4, -0.2) is 15.2 Å². The van der Waals surface area contributed by atoms with E-state index in [2.05, 4.69) is 20.5 Å². The van der Waals surface area contributed by atoms with E-state index in [-0.39, 0.29) is 5.82 Å². The van der Waals surface area contributed by atoms with Crippen molar-refractivity contribution in [3.63, 3.8) is 0 Å². The number of nitrogens with zero attached hydrogens (tertiary/aromatic N) is 2. The first-order valence-corrected chi connectivity index (χ1v) is 6.21. The Hall–Kier alpha value is -2.47. The smallest absolute Gasteiger partial charge is 0.138 e. The fourth-order valence-electron chi connectivity index (χ4n) is 1.86. The molecule has 2 heterocycles. The van der Waals surface area contributed by atoms with Crippen LogP contribution in [0.2, 0.25) is 0 Å². The Morgan fingerprint density at radius 2 is 1.95 bits per heavy atom.